The van der Waals surface area contributed by atoms with Gasteiger partial charge in [0.2, 0.25) is 5.91 Å². The lowest BCUT2D eigenvalue weighted by Crippen LogP contribution is -2.36. The molecule has 0 aliphatic rings. The maximum atomic E-state index is 12.4. The highest BCUT2D eigenvalue weighted by molar-refractivity contribution is 6.10. The van der Waals surface area contributed by atoms with Crippen molar-refractivity contribution in [2.75, 3.05) is 0 Å². The Morgan fingerprint density at radius 2 is 1.91 bits per heavy atom. The molecule has 7 nitrogen and oxygen atoms in total. The number of Topliss-reactive ketones (excluding diaryl/α,β-unsaturated/α-hetero) is 1. The van der Waals surface area contributed by atoms with E-state index in [0.717, 1.165) is 16.8 Å². The highest BCUT2D eigenvalue weighted by Gasteiger charge is 2.27. The molecule has 0 aliphatic carbocycles. The third-order valence-electron chi connectivity index (χ3n) is 5.47. The van der Waals surface area contributed by atoms with Crippen molar-refractivity contribution in [3.63, 3.8) is 0 Å². The van der Waals surface area contributed by atoms with Crippen LogP contribution >= 0.6 is 0 Å². The van der Waals surface area contributed by atoms with Crippen molar-refractivity contribution in [3.8, 4) is 11.3 Å². The maximum Gasteiger partial charge on any atom is 0.389 e. The van der Waals surface area contributed by atoms with Crippen LogP contribution < -0.4 is 11.5 Å². The first kappa shape index (κ1) is 25.7. The molecule has 184 valence electrons. The van der Waals surface area contributed by atoms with Crippen molar-refractivity contribution in [3.05, 3.63) is 66.1 Å². The minimum atomic E-state index is -4.35. The fourth-order valence-electron chi connectivity index (χ4n) is 3.32. The number of hydrogen-bond acceptors (Lipinski definition) is 5. The van der Waals surface area contributed by atoms with Gasteiger partial charge in [-0.3, -0.25) is 19.0 Å². The van der Waals surface area contributed by atoms with Gasteiger partial charge in [-0.15, -0.1) is 0 Å². The van der Waals surface area contributed by atoms with Crippen molar-refractivity contribution >= 4 is 29.1 Å². The standard InChI is InChI=1S/C25H26F3N5O2/c1-24(2,23(30)35)32-14-19(13-29)17-7-9-33-21(15-31-22(33)12-17)18-5-3-4-16(10-18)11-20(34)6-8-25(26,27)28/h3-5,7,9-10,12-15H,6,8,11,29H2,1-2H3,(H2,30,35). The van der Waals surface area contributed by atoms with Crippen LogP contribution in [0.5, 0.6) is 0 Å². The average molecular weight is 486 g/mol. The minimum Gasteiger partial charge on any atom is -0.404 e. The van der Waals surface area contributed by atoms with E-state index in [1.54, 1.807) is 50.5 Å². The Kier molecular flexibility index (Phi) is 7.42. The third-order valence-corrected chi connectivity index (χ3v) is 5.47. The molecule has 35 heavy (non-hydrogen) atoms. The molecule has 3 rings (SSSR count). The minimum absolute atomic E-state index is 0.0730. The number of nitrogens with zero attached hydrogens (tertiary/aromatic N) is 3. The Labute approximate surface area is 200 Å². The molecule has 0 saturated heterocycles. The Morgan fingerprint density at radius 3 is 2.57 bits per heavy atom. The molecule has 1 amide bonds. The SMILES string of the molecule is CC(C)(N=CC(=CN)c1ccn2c(-c3cccc(CC(=O)CCC(F)(F)F)c3)cnc2c1)C(N)=O. The predicted molar refractivity (Wildman–Crippen MR) is 129 cm³/mol. The van der Waals surface area contributed by atoms with Crippen LogP contribution in [-0.4, -0.2) is 39.0 Å². The summed E-state index contributed by atoms with van der Waals surface area (Å²) in [4.78, 5) is 32.2. The normalized spacial score (nSPS) is 13.0. The Hall–Kier alpha value is -3.95. The second kappa shape index (κ2) is 10.1. The first-order valence-corrected chi connectivity index (χ1v) is 10.8. The number of amides is 1. The molecule has 1 aromatic carbocycles. The molecule has 2 aromatic heterocycles. The lowest BCUT2D eigenvalue weighted by atomic mass is 10.0. The van der Waals surface area contributed by atoms with Gasteiger partial charge in [0.25, 0.3) is 0 Å². The lowest BCUT2D eigenvalue weighted by Gasteiger charge is -2.14. The number of ketones is 1. The smallest absolute Gasteiger partial charge is 0.389 e. The molecule has 0 aliphatic heterocycles. The van der Waals surface area contributed by atoms with Gasteiger partial charge in [-0.1, -0.05) is 18.2 Å². The summed E-state index contributed by atoms with van der Waals surface area (Å²) in [5.74, 6) is -1.03. The number of carbonyl (C=O) groups excluding carboxylic acids is 2. The van der Waals surface area contributed by atoms with Crippen molar-refractivity contribution < 1.29 is 22.8 Å². The second-order valence-corrected chi connectivity index (χ2v) is 8.62. The van der Waals surface area contributed by atoms with E-state index in [-0.39, 0.29) is 6.42 Å². The van der Waals surface area contributed by atoms with Crippen molar-refractivity contribution in [1.29, 1.82) is 0 Å². The molecule has 0 fully saturated rings. The number of aliphatic imine (C=N–C) groups is 1. The molecule has 0 radical (unpaired) electrons. The number of aromatic nitrogens is 2. The van der Waals surface area contributed by atoms with Crippen LogP contribution in [0.3, 0.4) is 0 Å². The summed E-state index contributed by atoms with van der Waals surface area (Å²) in [7, 11) is 0. The number of allylic oxidation sites excluding steroid dienone is 1. The zero-order chi connectivity index (χ0) is 25.8. The monoisotopic (exact) mass is 485 g/mol. The van der Waals surface area contributed by atoms with Gasteiger partial charge >= 0.3 is 6.18 Å². The molecule has 0 spiro atoms. The third kappa shape index (κ3) is 6.56. The summed E-state index contributed by atoms with van der Waals surface area (Å²) in [6, 6.07) is 10.7. The van der Waals surface area contributed by atoms with Gasteiger partial charge in [0.05, 0.1) is 18.3 Å². The van der Waals surface area contributed by atoms with E-state index in [1.807, 2.05) is 16.5 Å². The number of rotatable bonds is 9. The zero-order valence-electron chi connectivity index (χ0n) is 19.3. The van der Waals surface area contributed by atoms with Crippen LogP contribution in [0.4, 0.5) is 13.2 Å². The number of hydrogen-bond donors (Lipinski definition) is 2. The molecular formula is C25H26F3N5O2. The van der Waals surface area contributed by atoms with E-state index in [4.69, 9.17) is 11.5 Å². The number of fused-ring (bicyclic) bond motifs is 1. The summed E-state index contributed by atoms with van der Waals surface area (Å²) in [6.45, 7) is 3.20. The lowest BCUT2D eigenvalue weighted by molar-refractivity contribution is -0.143. The van der Waals surface area contributed by atoms with E-state index < -0.39 is 36.2 Å². The van der Waals surface area contributed by atoms with E-state index in [0.29, 0.717) is 16.8 Å². The van der Waals surface area contributed by atoms with Crippen LogP contribution in [0, 0.1) is 0 Å². The highest BCUT2D eigenvalue weighted by Crippen LogP contribution is 2.25. The van der Waals surface area contributed by atoms with Crippen LogP contribution in [0.15, 0.2) is 60.0 Å². The van der Waals surface area contributed by atoms with Gasteiger partial charge in [0.15, 0.2) is 0 Å². The van der Waals surface area contributed by atoms with Crippen LogP contribution in [0.1, 0.15) is 37.8 Å². The van der Waals surface area contributed by atoms with Crippen LogP contribution in [0.25, 0.3) is 22.5 Å². The van der Waals surface area contributed by atoms with Gasteiger partial charge in [-0.05, 0) is 43.2 Å². The number of benzene rings is 1. The van der Waals surface area contributed by atoms with Gasteiger partial charge < -0.3 is 11.5 Å². The Balaban J connectivity index is 1.83. The molecule has 10 heteroatoms. The number of halogens is 3. The summed E-state index contributed by atoms with van der Waals surface area (Å²) in [5.41, 5.74) is 14.1. The molecule has 0 atom stereocenters. The van der Waals surface area contributed by atoms with E-state index in [2.05, 4.69) is 9.98 Å². The average Bonchev–Trinajstić information content (AvgIpc) is 3.21. The first-order valence-electron chi connectivity index (χ1n) is 10.8. The second-order valence-electron chi connectivity index (χ2n) is 8.62. The fourth-order valence-corrected chi connectivity index (χ4v) is 3.32. The molecule has 3 aromatic rings. The van der Waals surface area contributed by atoms with Crippen molar-refractivity contribution in [2.24, 2.45) is 16.5 Å². The highest BCUT2D eigenvalue weighted by atomic mass is 19.4. The Bertz CT molecular complexity index is 1310. The maximum absolute atomic E-state index is 12.4. The summed E-state index contributed by atoms with van der Waals surface area (Å²) < 4.78 is 39.0. The van der Waals surface area contributed by atoms with E-state index in [9.17, 15) is 22.8 Å². The number of pyridine rings is 1. The zero-order valence-corrected chi connectivity index (χ0v) is 19.3. The molecule has 2 heterocycles. The molecule has 0 unspecified atom stereocenters. The van der Waals surface area contributed by atoms with Gasteiger partial charge in [0.1, 0.15) is 17.0 Å². The quantitative estimate of drug-likeness (QED) is 0.444. The topological polar surface area (TPSA) is 116 Å². The summed E-state index contributed by atoms with van der Waals surface area (Å²) >= 11 is 0. The van der Waals surface area contributed by atoms with E-state index in [1.165, 1.54) is 12.4 Å². The van der Waals surface area contributed by atoms with Gasteiger partial charge in [0, 0.05) is 42.6 Å². The number of imidazole rings is 1. The number of nitrogens with two attached hydrogens (primary N) is 2. The molecule has 0 saturated carbocycles. The Morgan fingerprint density at radius 1 is 1.17 bits per heavy atom. The summed E-state index contributed by atoms with van der Waals surface area (Å²) in [6.07, 6.45) is 0.236. The molecular weight excluding hydrogens is 459 g/mol. The number of alkyl halides is 3. The first-order chi connectivity index (χ1) is 16.4. The number of carbonyl (C=O) groups is 2. The van der Waals surface area contributed by atoms with Crippen LogP contribution in [0.2, 0.25) is 0 Å². The summed E-state index contributed by atoms with van der Waals surface area (Å²) in [5, 5.41) is 0. The van der Waals surface area contributed by atoms with Crippen molar-refractivity contribution in [1.82, 2.24) is 9.38 Å². The fraction of sp³-hybridized carbons (Fsp3) is 0.280. The van der Waals surface area contributed by atoms with Crippen molar-refractivity contribution in [2.45, 2.75) is 44.8 Å². The number of primary amides is 1. The molecule has 4 N–H and O–H groups in total. The van der Waals surface area contributed by atoms with Gasteiger partial charge in [-0.2, -0.15) is 13.2 Å². The van der Waals surface area contributed by atoms with Gasteiger partial charge in [-0.25, -0.2) is 4.98 Å². The van der Waals surface area contributed by atoms with E-state index >= 15 is 0 Å². The van der Waals surface area contributed by atoms with Crippen LogP contribution in [-0.2, 0) is 16.0 Å². The largest absolute Gasteiger partial charge is 0.404 e. The predicted octanol–water partition coefficient (Wildman–Crippen LogP) is 4.09. The molecule has 0 bridgehead atoms.